The standard InChI is InChI=1S/C17H14ClIN2OS/c1-2-9-23-17-20-15-8-5-12(19)10-14(15)16(22)21(17)13-6-3-11(18)4-7-13/h3-8,10H,2,9H2,1H3. The quantitative estimate of drug-likeness (QED) is 0.309. The molecule has 0 N–H and O–H groups in total. The van der Waals surface area contributed by atoms with Gasteiger partial charge in [0.05, 0.1) is 16.6 Å². The topological polar surface area (TPSA) is 34.9 Å². The summed E-state index contributed by atoms with van der Waals surface area (Å²) in [7, 11) is 0. The number of rotatable bonds is 4. The average Bonchev–Trinajstić information content (AvgIpc) is 2.55. The molecule has 0 aliphatic rings. The zero-order chi connectivity index (χ0) is 16.4. The third kappa shape index (κ3) is 3.56. The zero-order valence-corrected chi connectivity index (χ0v) is 16.2. The van der Waals surface area contributed by atoms with Crippen molar-refractivity contribution in [1.29, 1.82) is 0 Å². The molecule has 6 heteroatoms. The van der Waals surface area contributed by atoms with Crippen molar-refractivity contribution in [3.05, 3.63) is 61.4 Å². The van der Waals surface area contributed by atoms with Gasteiger partial charge in [0.25, 0.3) is 5.56 Å². The normalized spacial score (nSPS) is 11.1. The molecule has 0 aliphatic heterocycles. The number of hydrogen-bond donors (Lipinski definition) is 0. The number of nitrogens with zero attached hydrogens (tertiary/aromatic N) is 2. The number of fused-ring (bicyclic) bond motifs is 1. The van der Waals surface area contributed by atoms with Crippen molar-refractivity contribution in [2.45, 2.75) is 18.5 Å². The lowest BCUT2D eigenvalue weighted by Gasteiger charge is -2.13. The molecule has 1 heterocycles. The molecule has 0 saturated carbocycles. The maximum Gasteiger partial charge on any atom is 0.266 e. The molecule has 0 aliphatic carbocycles. The molecule has 2 aromatic carbocycles. The Balaban J connectivity index is 2.29. The summed E-state index contributed by atoms with van der Waals surface area (Å²) >= 11 is 9.77. The first kappa shape index (κ1) is 16.8. The molecule has 3 rings (SSSR count). The fraction of sp³-hybridized carbons (Fsp3) is 0.176. The van der Waals surface area contributed by atoms with Crippen molar-refractivity contribution < 1.29 is 0 Å². The van der Waals surface area contributed by atoms with Crippen molar-refractivity contribution in [1.82, 2.24) is 9.55 Å². The van der Waals surface area contributed by atoms with Crippen LogP contribution in [0.2, 0.25) is 5.02 Å². The summed E-state index contributed by atoms with van der Waals surface area (Å²) in [4.78, 5) is 17.7. The van der Waals surface area contributed by atoms with Gasteiger partial charge < -0.3 is 0 Å². The van der Waals surface area contributed by atoms with Gasteiger partial charge in [-0.15, -0.1) is 0 Å². The van der Waals surface area contributed by atoms with E-state index in [4.69, 9.17) is 16.6 Å². The van der Waals surface area contributed by atoms with Gasteiger partial charge in [0.2, 0.25) is 0 Å². The lowest BCUT2D eigenvalue weighted by molar-refractivity contribution is 0.818. The second-order valence-electron chi connectivity index (χ2n) is 5.02. The van der Waals surface area contributed by atoms with E-state index in [-0.39, 0.29) is 5.56 Å². The number of benzene rings is 2. The number of hydrogen-bond acceptors (Lipinski definition) is 3. The Hall–Kier alpha value is -1.05. The molecular weight excluding hydrogens is 443 g/mol. The third-order valence-electron chi connectivity index (χ3n) is 3.32. The number of halogens is 2. The second kappa shape index (κ2) is 7.23. The Morgan fingerprint density at radius 2 is 1.96 bits per heavy atom. The first-order valence-corrected chi connectivity index (χ1v) is 9.65. The van der Waals surface area contributed by atoms with Crippen LogP contribution in [0.15, 0.2) is 52.4 Å². The van der Waals surface area contributed by atoms with Crippen molar-refractivity contribution in [2.24, 2.45) is 0 Å². The van der Waals surface area contributed by atoms with Crippen LogP contribution in [0.25, 0.3) is 16.6 Å². The molecule has 1 aromatic heterocycles. The molecule has 3 aromatic rings. The minimum absolute atomic E-state index is 0.0468. The summed E-state index contributed by atoms with van der Waals surface area (Å²) in [5.41, 5.74) is 1.47. The Morgan fingerprint density at radius 3 is 2.65 bits per heavy atom. The van der Waals surface area contributed by atoms with Gasteiger partial charge in [0.1, 0.15) is 0 Å². The van der Waals surface area contributed by atoms with E-state index in [2.05, 4.69) is 29.5 Å². The Kier molecular flexibility index (Phi) is 5.28. The predicted octanol–water partition coefficient (Wildman–Crippen LogP) is 5.15. The van der Waals surface area contributed by atoms with Crippen LogP contribution in [0.1, 0.15) is 13.3 Å². The van der Waals surface area contributed by atoms with Gasteiger partial charge in [0.15, 0.2) is 5.16 Å². The summed E-state index contributed by atoms with van der Waals surface area (Å²) in [5.74, 6) is 0.913. The van der Waals surface area contributed by atoms with E-state index in [9.17, 15) is 4.79 Å². The fourth-order valence-corrected chi connectivity index (χ4v) is 3.73. The van der Waals surface area contributed by atoms with Gasteiger partial charge in [-0.3, -0.25) is 9.36 Å². The van der Waals surface area contributed by atoms with E-state index >= 15 is 0 Å². The molecule has 0 fully saturated rings. The van der Waals surface area contributed by atoms with Crippen LogP contribution in [0, 0.1) is 3.57 Å². The van der Waals surface area contributed by atoms with Gasteiger partial charge in [-0.05, 0) is 71.5 Å². The van der Waals surface area contributed by atoms with Crippen molar-refractivity contribution in [2.75, 3.05) is 5.75 Å². The maximum atomic E-state index is 13.0. The monoisotopic (exact) mass is 456 g/mol. The Morgan fingerprint density at radius 1 is 1.22 bits per heavy atom. The van der Waals surface area contributed by atoms with Crippen LogP contribution >= 0.6 is 46.0 Å². The zero-order valence-electron chi connectivity index (χ0n) is 12.4. The van der Waals surface area contributed by atoms with Crippen molar-refractivity contribution in [3.8, 4) is 5.69 Å². The van der Waals surface area contributed by atoms with Crippen LogP contribution in [0.3, 0.4) is 0 Å². The summed E-state index contributed by atoms with van der Waals surface area (Å²) in [6.07, 6.45) is 1.02. The smallest absolute Gasteiger partial charge is 0.266 e. The van der Waals surface area contributed by atoms with Gasteiger partial charge in [-0.1, -0.05) is 30.3 Å². The molecule has 3 nitrogen and oxygen atoms in total. The molecule has 0 atom stereocenters. The van der Waals surface area contributed by atoms with E-state index in [1.54, 1.807) is 28.5 Å². The van der Waals surface area contributed by atoms with Crippen LogP contribution in [0.4, 0.5) is 0 Å². The highest BCUT2D eigenvalue weighted by Gasteiger charge is 2.13. The molecule has 0 bridgehead atoms. The summed E-state index contributed by atoms with van der Waals surface area (Å²) in [5, 5.41) is 1.99. The molecule has 0 unspecified atom stereocenters. The lowest BCUT2D eigenvalue weighted by Crippen LogP contribution is -2.22. The summed E-state index contributed by atoms with van der Waals surface area (Å²) in [6, 6.07) is 13.0. The maximum absolute atomic E-state index is 13.0. The average molecular weight is 457 g/mol. The van der Waals surface area contributed by atoms with E-state index in [1.807, 2.05) is 30.3 Å². The predicted molar refractivity (Wildman–Crippen MR) is 106 cm³/mol. The highest BCUT2D eigenvalue weighted by Crippen LogP contribution is 2.23. The number of aromatic nitrogens is 2. The fourth-order valence-electron chi connectivity index (χ4n) is 2.25. The molecule has 0 amide bonds. The molecule has 23 heavy (non-hydrogen) atoms. The van der Waals surface area contributed by atoms with Gasteiger partial charge in [0, 0.05) is 14.3 Å². The van der Waals surface area contributed by atoms with Crippen LogP contribution in [-0.2, 0) is 0 Å². The van der Waals surface area contributed by atoms with Gasteiger partial charge in [-0.25, -0.2) is 4.98 Å². The van der Waals surface area contributed by atoms with E-state index in [1.165, 1.54) is 0 Å². The molecule has 0 spiro atoms. The van der Waals surface area contributed by atoms with Gasteiger partial charge in [-0.2, -0.15) is 0 Å². The van der Waals surface area contributed by atoms with Crippen molar-refractivity contribution >= 4 is 56.9 Å². The van der Waals surface area contributed by atoms with Crippen LogP contribution in [-0.4, -0.2) is 15.3 Å². The lowest BCUT2D eigenvalue weighted by atomic mass is 10.2. The Labute approximate surface area is 157 Å². The molecule has 118 valence electrons. The van der Waals surface area contributed by atoms with Crippen molar-refractivity contribution in [3.63, 3.8) is 0 Å². The van der Waals surface area contributed by atoms with Crippen LogP contribution < -0.4 is 5.56 Å². The minimum Gasteiger partial charge on any atom is -0.268 e. The van der Waals surface area contributed by atoms with E-state index < -0.39 is 0 Å². The van der Waals surface area contributed by atoms with E-state index in [0.717, 1.165) is 26.9 Å². The highest BCUT2D eigenvalue weighted by atomic mass is 127. The Bertz CT molecular complexity index is 909. The SMILES string of the molecule is CCCSc1nc2ccc(I)cc2c(=O)n1-c1ccc(Cl)cc1. The summed E-state index contributed by atoms with van der Waals surface area (Å²) < 4.78 is 2.69. The first-order chi connectivity index (χ1) is 11.1. The summed E-state index contributed by atoms with van der Waals surface area (Å²) in [6.45, 7) is 2.11. The largest absolute Gasteiger partial charge is 0.268 e. The van der Waals surface area contributed by atoms with Crippen LogP contribution in [0.5, 0.6) is 0 Å². The first-order valence-electron chi connectivity index (χ1n) is 7.21. The molecular formula is C17H14ClIN2OS. The van der Waals surface area contributed by atoms with E-state index in [0.29, 0.717) is 15.6 Å². The second-order valence-corrected chi connectivity index (χ2v) is 7.77. The highest BCUT2D eigenvalue weighted by molar-refractivity contribution is 14.1. The van der Waals surface area contributed by atoms with Gasteiger partial charge >= 0.3 is 0 Å². The third-order valence-corrected chi connectivity index (χ3v) is 5.39. The molecule has 0 radical (unpaired) electrons. The minimum atomic E-state index is -0.0468. The number of thioether (sulfide) groups is 1. The molecule has 0 saturated heterocycles.